The molecule has 1 aromatic carbocycles. The molecule has 2 saturated heterocycles. The molecule has 3 fully saturated rings. The molecule has 1 aliphatic carbocycles. The van der Waals surface area contributed by atoms with Crippen molar-refractivity contribution >= 4 is 11.7 Å². The predicted octanol–water partition coefficient (Wildman–Crippen LogP) is 2.57. The van der Waals surface area contributed by atoms with Crippen molar-refractivity contribution in [1.29, 1.82) is 5.41 Å². The van der Waals surface area contributed by atoms with Crippen LogP contribution in [-0.4, -0.2) is 53.3 Å². The first kappa shape index (κ1) is 21.3. The molecule has 4 rings (SSSR count). The average Bonchev–Trinajstić information content (AvgIpc) is 3.12. The summed E-state index contributed by atoms with van der Waals surface area (Å²) in [5, 5.41) is 7.95. The molecule has 5 N–H and O–H groups in total. The summed E-state index contributed by atoms with van der Waals surface area (Å²) in [6.07, 6.45) is 7.14. The van der Waals surface area contributed by atoms with Crippen LogP contribution in [0, 0.1) is 23.2 Å². The third-order valence-corrected chi connectivity index (χ3v) is 7.74. The Hall–Kier alpha value is -1.92. The number of rotatable bonds is 6. The first-order chi connectivity index (χ1) is 14.6. The summed E-state index contributed by atoms with van der Waals surface area (Å²) in [6, 6.07) is 10.8. The molecular formula is C24H37N5O. The van der Waals surface area contributed by atoms with Crippen molar-refractivity contribution < 1.29 is 4.79 Å². The van der Waals surface area contributed by atoms with Crippen molar-refractivity contribution in [2.45, 2.75) is 63.6 Å². The standard InChI is InChI=1S/C24H37N5O/c25-11-8-17-9-12-28(13-10-17)24(30)22-14-19-6-7-20(23(26)27)15-21(19)29(22)16-18-4-2-1-3-5-18/h1-5,17,19-22H,6-16,25H2,(H3,26,27). The Bertz CT molecular complexity index is 730. The number of amidine groups is 1. The number of hydrogen-bond acceptors (Lipinski definition) is 4. The van der Waals surface area contributed by atoms with Crippen molar-refractivity contribution in [1.82, 2.24) is 9.80 Å². The van der Waals surface area contributed by atoms with Crippen LogP contribution in [0.5, 0.6) is 0 Å². The van der Waals surface area contributed by atoms with E-state index in [1.807, 2.05) is 6.07 Å². The summed E-state index contributed by atoms with van der Waals surface area (Å²) in [6.45, 7) is 3.27. The van der Waals surface area contributed by atoms with Gasteiger partial charge in [-0.1, -0.05) is 30.3 Å². The predicted molar refractivity (Wildman–Crippen MR) is 120 cm³/mol. The van der Waals surface area contributed by atoms with Gasteiger partial charge in [0.15, 0.2) is 0 Å². The molecule has 2 heterocycles. The lowest BCUT2D eigenvalue weighted by atomic mass is 9.78. The quantitative estimate of drug-likeness (QED) is 0.495. The maximum absolute atomic E-state index is 13.6. The first-order valence-electron chi connectivity index (χ1n) is 11.7. The highest BCUT2D eigenvalue weighted by Gasteiger charge is 2.48. The third-order valence-electron chi connectivity index (χ3n) is 7.74. The van der Waals surface area contributed by atoms with Gasteiger partial charge in [-0.3, -0.25) is 15.1 Å². The summed E-state index contributed by atoms with van der Waals surface area (Å²) in [5.74, 6) is 1.98. The molecular weight excluding hydrogens is 374 g/mol. The van der Waals surface area contributed by atoms with Crippen LogP contribution in [0.3, 0.4) is 0 Å². The maximum atomic E-state index is 13.6. The molecule has 0 spiro atoms. The second kappa shape index (κ2) is 9.48. The van der Waals surface area contributed by atoms with Gasteiger partial charge in [-0.15, -0.1) is 0 Å². The summed E-state index contributed by atoms with van der Waals surface area (Å²) < 4.78 is 0. The molecule has 1 saturated carbocycles. The smallest absolute Gasteiger partial charge is 0.239 e. The number of hydrogen-bond donors (Lipinski definition) is 3. The van der Waals surface area contributed by atoms with Crippen molar-refractivity contribution in [2.24, 2.45) is 29.2 Å². The van der Waals surface area contributed by atoms with Gasteiger partial charge in [0.25, 0.3) is 0 Å². The minimum absolute atomic E-state index is 0.0445. The van der Waals surface area contributed by atoms with E-state index in [4.69, 9.17) is 16.9 Å². The first-order valence-corrected chi connectivity index (χ1v) is 11.7. The van der Waals surface area contributed by atoms with Crippen LogP contribution in [0.15, 0.2) is 30.3 Å². The normalized spacial score (nSPS) is 30.2. The van der Waals surface area contributed by atoms with E-state index in [0.717, 1.165) is 71.1 Å². The molecule has 6 nitrogen and oxygen atoms in total. The van der Waals surface area contributed by atoms with Gasteiger partial charge < -0.3 is 16.4 Å². The number of carbonyl (C=O) groups is 1. The fourth-order valence-electron chi connectivity index (χ4n) is 5.98. The van der Waals surface area contributed by atoms with Gasteiger partial charge in [0, 0.05) is 31.6 Å². The van der Waals surface area contributed by atoms with E-state index in [1.165, 1.54) is 5.56 Å². The van der Waals surface area contributed by atoms with Gasteiger partial charge in [-0.25, -0.2) is 0 Å². The number of likely N-dealkylation sites (tertiary alicyclic amines) is 2. The Balaban J connectivity index is 1.50. The minimum atomic E-state index is -0.0445. The number of benzene rings is 1. The molecule has 0 bridgehead atoms. The number of amides is 1. The molecule has 0 radical (unpaired) electrons. The van der Waals surface area contributed by atoms with Crippen LogP contribution in [0.4, 0.5) is 0 Å². The van der Waals surface area contributed by atoms with Gasteiger partial charge in [0.2, 0.25) is 5.91 Å². The minimum Gasteiger partial charge on any atom is -0.387 e. The third kappa shape index (κ3) is 4.54. The summed E-state index contributed by atoms with van der Waals surface area (Å²) in [5.41, 5.74) is 12.9. The second-order valence-corrected chi connectivity index (χ2v) is 9.55. The van der Waals surface area contributed by atoms with Crippen molar-refractivity contribution in [2.75, 3.05) is 19.6 Å². The lowest BCUT2D eigenvalue weighted by Crippen LogP contribution is -2.50. The lowest BCUT2D eigenvalue weighted by Gasteiger charge is -2.39. The lowest BCUT2D eigenvalue weighted by molar-refractivity contribution is -0.138. The molecule has 0 aromatic heterocycles. The number of nitrogens with one attached hydrogen (secondary N) is 1. The van der Waals surface area contributed by atoms with E-state index < -0.39 is 0 Å². The maximum Gasteiger partial charge on any atom is 0.239 e. The van der Waals surface area contributed by atoms with Crippen LogP contribution in [-0.2, 0) is 11.3 Å². The zero-order valence-corrected chi connectivity index (χ0v) is 18.0. The Morgan fingerprint density at radius 2 is 1.80 bits per heavy atom. The van der Waals surface area contributed by atoms with E-state index in [1.54, 1.807) is 0 Å². The molecule has 3 aliphatic rings. The molecule has 164 valence electrons. The highest BCUT2D eigenvalue weighted by Crippen LogP contribution is 2.43. The van der Waals surface area contributed by atoms with Crippen LogP contribution in [0.25, 0.3) is 0 Å². The van der Waals surface area contributed by atoms with Gasteiger partial charge in [-0.05, 0) is 68.9 Å². The van der Waals surface area contributed by atoms with Crippen molar-refractivity contribution in [3.8, 4) is 0 Å². The Labute approximate surface area is 180 Å². The number of carbonyl (C=O) groups excluding carboxylic acids is 1. The summed E-state index contributed by atoms with van der Waals surface area (Å²) in [7, 11) is 0. The Kier molecular flexibility index (Phi) is 6.74. The summed E-state index contributed by atoms with van der Waals surface area (Å²) >= 11 is 0. The Morgan fingerprint density at radius 3 is 2.47 bits per heavy atom. The van der Waals surface area contributed by atoms with Crippen LogP contribution < -0.4 is 11.5 Å². The number of nitrogens with two attached hydrogens (primary N) is 2. The molecule has 4 unspecified atom stereocenters. The van der Waals surface area contributed by atoms with Crippen LogP contribution in [0.1, 0.15) is 50.5 Å². The molecule has 1 aromatic rings. The highest BCUT2D eigenvalue weighted by molar-refractivity contribution is 5.83. The molecule has 6 heteroatoms. The van der Waals surface area contributed by atoms with E-state index in [2.05, 4.69) is 34.1 Å². The molecule has 1 amide bonds. The van der Waals surface area contributed by atoms with Crippen LogP contribution in [0.2, 0.25) is 0 Å². The number of piperidine rings is 1. The largest absolute Gasteiger partial charge is 0.387 e. The van der Waals surface area contributed by atoms with Crippen molar-refractivity contribution in [3.05, 3.63) is 35.9 Å². The fourth-order valence-corrected chi connectivity index (χ4v) is 5.98. The molecule has 2 aliphatic heterocycles. The van der Waals surface area contributed by atoms with E-state index >= 15 is 0 Å². The van der Waals surface area contributed by atoms with Gasteiger partial charge >= 0.3 is 0 Å². The topological polar surface area (TPSA) is 99.4 Å². The summed E-state index contributed by atoms with van der Waals surface area (Å²) in [4.78, 5) is 18.2. The molecule has 30 heavy (non-hydrogen) atoms. The van der Waals surface area contributed by atoms with Gasteiger partial charge in [0.1, 0.15) is 0 Å². The highest BCUT2D eigenvalue weighted by atomic mass is 16.2. The fraction of sp³-hybridized carbons (Fsp3) is 0.667. The molecule has 4 atom stereocenters. The zero-order chi connectivity index (χ0) is 21.1. The SMILES string of the molecule is N=C(N)C1CCC2CC(C(=O)N3CCC(CCN)CC3)N(Cc3ccccc3)C2C1. The van der Waals surface area contributed by atoms with E-state index in [-0.39, 0.29) is 12.0 Å². The zero-order valence-electron chi connectivity index (χ0n) is 18.0. The van der Waals surface area contributed by atoms with Crippen molar-refractivity contribution in [3.63, 3.8) is 0 Å². The van der Waals surface area contributed by atoms with Gasteiger partial charge in [-0.2, -0.15) is 0 Å². The van der Waals surface area contributed by atoms with E-state index in [0.29, 0.717) is 29.6 Å². The number of nitrogens with zero attached hydrogens (tertiary/aromatic N) is 2. The average molecular weight is 412 g/mol. The van der Waals surface area contributed by atoms with Crippen LogP contribution >= 0.6 is 0 Å². The Morgan fingerprint density at radius 1 is 1.07 bits per heavy atom. The monoisotopic (exact) mass is 411 g/mol. The second-order valence-electron chi connectivity index (χ2n) is 9.55. The van der Waals surface area contributed by atoms with E-state index in [9.17, 15) is 4.79 Å². The van der Waals surface area contributed by atoms with Gasteiger partial charge in [0.05, 0.1) is 11.9 Å². The number of fused-ring (bicyclic) bond motifs is 1.